The van der Waals surface area contributed by atoms with Gasteiger partial charge in [0.2, 0.25) is 6.79 Å². The molecule has 0 atom stereocenters. The van der Waals surface area contributed by atoms with Crippen LogP contribution in [-0.4, -0.2) is 47.8 Å². The third kappa shape index (κ3) is 4.05. The normalized spacial score (nSPS) is 17.4. The van der Waals surface area contributed by atoms with E-state index in [-0.39, 0.29) is 12.4 Å². The van der Waals surface area contributed by atoms with Crippen molar-refractivity contribution < 1.29 is 27.4 Å². The number of nitrogens with zero attached hydrogens (tertiary/aromatic N) is 4. The molecule has 8 nitrogen and oxygen atoms in total. The van der Waals surface area contributed by atoms with E-state index in [2.05, 4.69) is 10.1 Å². The van der Waals surface area contributed by atoms with Crippen molar-refractivity contribution in [1.29, 1.82) is 0 Å². The van der Waals surface area contributed by atoms with E-state index in [1.54, 1.807) is 6.92 Å². The molecule has 0 bridgehead atoms. The SMILES string of the molecule is BC1(Oc2ccc3c(c2)OCO3)CCN(c2nn3c(=O)cc(C(F)(F)F)nc3cc2C)CC1. The van der Waals surface area contributed by atoms with Crippen LogP contribution in [0.25, 0.3) is 5.65 Å². The molecule has 4 heterocycles. The van der Waals surface area contributed by atoms with Crippen LogP contribution < -0.4 is 24.7 Å². The first-order chi connectivity index (χ1) is 15.6. The molecule has 2 aromatic heterocycles. The lowest BCUT2D eigenvalue weighted by molar-refractivity contribution is -0.141. The van der Waals surface area contributed by atoms with Gasteiger partial charge in [-0.25, -0.2) is 4.98 Å². The maximum atomic E-state index is 13.0. The molecule has 0 aliphatic carbocycles. The molecule has 1 fully saturated rings. The Balaban J connectivity index is 1.35. The largest absolute Gasteiger partial charge is 0.496 e. The smallest absolute Gasteiger partial charge is 0.433 e. The van der Waals surface area contributed by atoms with Gasteiger partial charge in [0.15, 0.2) is 36.5 Å². The molecule has 2 aliphatic heterocycles. The number of piperidine rings is 1. The fourth-order valence-corrected chi connectivity index (χ4v) is 4.10. The third-order valence-electron chi connectivity index (χ3n) is 5.93. The summed E-state index contributed by atoms with van der Waals surface area (Å²) in [5.41, 5.74) is -2.02. The van der Waals surface area contributed by atoms with Crippen molar-refractivity contribution in [2.75, 3.05) is 24.8 Å². The number of hydrogen-bond donors (Lipinski definition) is 0. The van der Waals surface area contributed by atoms with Gasteiger partial charge in [-0.3, -0.25) is 4.79 Å². The Morgan fingerprint density at radius 3 is 2.58 bits per heavy atom. The first-order valence-corrected chi connectivity index (χ1v) is 10.4. The summed E-state index contributed by atoms with van der Waals surface area (Å²) in [6.45, 7) is 3.14. The Labute approximate surface area is 187 Å². The molecular weight excluding hydrogens is 440 g/mol. The zero-order valence-electron chi connectivity index (χ0n) is 18.0. The van der Waals surface area contributed by atoms with Crippen LogP contribution in [-0.2, 0) is 6.18 Å². The van der Waals surface area contributed by atoms with E-state index in [0.717, 1.165) is 4.52 Å². The van der Waals surface area contributed by atoms with Crippen molar-refractivity contribution in [3.63, 3.8) is 0 Å². The molecular formula is C21H20BF3N4O4. The molecule has 1 aromatic carbocycles. The standard InChI is InChI=1S/C21H20BF3N4O4/c1-12-8-17-26-16(21(23,24)25)10-18(30)29(17)27-19(12)28-6-4-20(22,5-7-28)33-13-2-3-14-15(9-13)32-11-31-14/h2-3,8-10H,4-7,11,22H2,1H3. The number of fused-ring (bicyclic) bond motifs is 2. The number of alkyl halides is 3. The van der Waals surface area contributed by atoms with Crippen molar-refractivity contribution in [2.45, 2.75) is 31.4 Å². The second-order valence-electron chi connectivity index (χ2n) is 8.45. The molecule has 0 N–H and O–H groups in total. The Morgan fingerprint density at radius 2 is 1.85 bits per heavy atom. The van der Waals surface area contributed by atoms with E-state index in [9.17, 15) is 18.0 Å². The van der Waals surface area contributed by atoms with Gasteiger partial charge in [-0.05, 0) is 43.5 Å². The van der Waals surface area contributed by atoms with Crippen LogP contribution in [0.5, 0.6) is 17.2 Å². The Bertz CT molecular complexity index is 1290. The second kappa shape index (κ2) is 7.56. The number of benzene rings is 1. The summed E-state index contributed by atoms with van der Waals surface area (Å²) in [6, 6.07) is 7.38. The van der Waals surface area contributed by atoms with Gasteiger partial charge in [0.1, 0.15) is 5.75 Å². The lowest BCUT2D eigenvalue weighted by Gasteiger charge is -2.40. The van der Waals surface area contributed by atoms with E-state index < -0.39 is 22.9 Å². The van der Waals surface area contributed by atoms with E-state index in [4.69, 9.17) is 14.2 Å². The summed E-state index contributed by atoms with van der Waals surface area (Å²) in [7, 11) is 2.03. The van der Waals surface area contributed by atoms with Gasteiger partial charge in [0.05, 0.1) is 5.50 Å². The van der Waals surface area contributed by atoms with Crippen molar-refractivity contribution in [3.05, 3.63) is 51.9 Å². The fraction of sp³-hybridized carbons (Fsp3) is 0.381. The van der Waals surface area contributed by atoms with E-state index in [0.29, 0.717) is 60.6 Å². The van der Waals surface area contributed by atoms with Gasteiger partial charge < -0.3 is 19.1 Å². The topological polar surface area (TPSA) is 78.2 Å². The van der Waals surface area contributed by atoms with Crippen molar-refractivity contribution >= 4 is 19.3 Å². The van der Waals surface area contributed by atoms with Crippen LogP contribution in [0.3, 0.4) is 0 Å². The minimum Gasteiger partial charge on any atom is -0.496 e. The second-order valence-corrected chi connectivity index (χ2v) is 8.45. The number of aromatic nitrogens is 3. The van der Waals surface area contributed by atoms with Gasteiger partial charge in [0.25, 0.3) is 5.56 Å². The molecule has 0 amide bonds. The molecule has 5 rings (SSSR count). The summed E-state index contributed by atoms with van der Waals surface area (Å²) < 4.78 is 56.9. The first-order valence-electron chi connectivity index (χ1n) is 10.4. The Hall–Kier alpha value is -3.44. The lowest BCUT2D eigenvalue weighted by Crippen LogP contribution is -2.49. The predicted octanol–water partition coefficient (Wildman–Crippen LogP) is 2.15. The van der Waals surface area contributed by atoms with Crippen LogP contribution in [0.2, 0.25) is 0 Å². The quantitative estimate of drug-likeness (QED) is 0.555. The van der Waals surface area contributed by atoms with Crippen LogP contribution in [0.4, 0.5) is 19.0 Å². The van der Waals surface area contributed by atoms with Crippen molar-refractivity contribution in [1.82, 2.24) is 14.6 Å². The lowest BCUT2D eigenvalue weighted by atomic mass is 9.73. The summed E-state index contributed by atoms with van der Waals surface area (Å²) in [6.07, 6.45) is -3.34. The highest BCUT2D eigenvalue weighted by Gasteiger charge is 2.35. The van der Waals surface area contributed by atoms with E-state index in [1.165, 1.54) is 6.07 Å². The minimum atomic E-state index is -4.70. The minimum absolute atomic E-state index is 0.135. The highest BCUT2D eigenvalue weighted by molar-refractivity contribution is 6.14. The summed E-state index contributed by atoms with van der Waals surface area (Å²) in [4.78, 5) is 17.9. The van der Waals surface area contributed by atoms with Gasteiger partial charge in [-0.1, -0.05) is 0 Å². The van der Waals surface area contributed by atoms with Gasteiger partial charge in [-0.15, -0.1) is 5.10 Å². The number of ether oxygens (including phenoxy) is 3. The first kappa shape index (κ1) is 21.4. The molecule has 0 unspecified atom stereocenters. The van der Waals surface area contributed by atoms with Crippen molar-refractivity contribution in [3.8, 4) is 17.2 Å². The molecule has 1 saturated heterocycles. The molecule has 0 spiro atoms. The number of rotatable bonds is 3. The van der Waals surface area contributed by atoms with E-state index >= 15 is 0 Å². The van der Waals surface area contributed by atoms with Crippen LogP contribution in [0, 0.1) is 6.92 Å². The highest BCUT2D eigenvalue weighted by atomic mass is 19.4. The molecule has 12 heteroatoms. The molecule has 172 valence electrons. The summed E-state index contributed by atoms with van der Waals surface area (Å²) >= 11 is 0. The zero-order chi connectivity index (χ0) is 23.4. The van der Waals surface area contributed by atoms with Crippen LogP contribution in [0.15, 0.2) is 35.1 Å². The maximum absolute atomic E-state index is 13.0. The van der Waals surface area contributed by atoms with Gasteiger partial charge in [-0.2, -0.15) is 17.7 Å². The molecule has 33 heavy (non-hydrogen) atoms. The summed E-state index contributed by atoms with van der Waals surface area (Å²) in [5, 5.41) is 4.32. The van der Waals surface area contributed by atoms with Gasteiger partial charge >= 0.3 is 6.18 Å². The van der Waals surface area contributed by atoms with Crippen LogP contribution in [0.1, 0.15) is 24.1 Å². The Morgan fingerprint density at radius 1 is 1.12 bits per heavy atom. The number of hydrogen-bond acceptors (Lipinski definition) is 7. The molecule has 0 radical (unpaired) electrons. The number of aryl methyl sites for hydroxylation is 1. The average molecular weight is 460 g/mol. The number of anilines is 1. The third-order valence-corrected chi connectivity index (χ3v) is 5.93. The zero-order valence-corrected chi connectivity index (χ0v) is 18.0. The maximum Gasteiger partial charge on any atom is 0.433 e. The molecule has 3 aromatic rings. The Kier molecular flexibility index (Phi) is 4.91. The summed E-state index contributed by atoms with van der Waals surface area (Å²) in [5.74, 6) is 2.56. The molecule has 0 saturated carbocycles. The fourth-order valence-electron chi connectivity index (χ4n) is 4.10. The van der Waals surface area contributed by atoms with Crippen LogP contribution >= 0.6 is 0 Å². The van der Waals surface area contributed by atoms with E-state index in [1.807, 2.05) is 30.9 Å². The highest BCUT2D eigenvalue weighted by Crippen LogP contribution is 2.37. The monoisotopic (exact) mass is 460 g/mol. The predicted molar refractivity (Wildman–Crippen MR) is 115 cm³/mol. The molecule has 2 aliphatic rings. The van der Waals surface area contributed by atoms with Crippen molar-refractivity contribution in [2.24, 2.45) is 0 Å². The van der Waals surface area contributed by atoms with Gasteiger partial charge in [0, 0.05) is 25.2 Å². The number of halogens is 3. The average Bonchev–Trinajstić information content (AvgIpc) is 3.21.